The molecule has 1 saturated heterocycles. The summed E-state index contributed by atoms with van der Waals surface area (Å²) in [6, 6.07) is 12.1. The number of thioether (sulfide) groups is 1. The quantitative estimate of drug-likeness (QED) is 0.611. The number of rotatable bonds is 6. The fourth-order valence-electron chi connectivity index (χ4n) is 4.96. The van der Waals surface area contributed by atoms with Gasteiger partial charge in [0.25, 0.3) is 5.91 Å². The molecule has 0 radical (unpaired) electrons. The molecule has 3 aliphatic rings. The first-order valence-corrected chi connectivity index (χ1v) is 13.4. The topological polar surface area (TPSA) is 49.9 Å². The highest BCUT2D eigenvalue weighted by Gasteiger charge is 2.40. The number of amides is 2. The Bertz CT molecular complexity index is 1070. The lowest BCUT2D eigenvalue weighted by molar-refractivity contribution is -0.138. The average Bonchev–Trinajstić information content (AvgIpc) is 3.72. The van der Waals surface area contributed by atoms with Gasteiger partial charge < -0.3 is 14.5 Å². The minimum atomic E-state index is -0.540. The molecule has 7 heteroatoms. The molecule has 0 spiro atoms. The summed E-state index contributed by atoms with van der Waals surface area (Å²) in [6.45, 7) is 4.10. The fourth-order valence-corrected chi connectivity index (χ4v) is 5.87. The first-order valence-electron chi connectivity index (χ1n) is 12.3. The summed E-state index contributed by atoms with van der Waals surface area (Å²) < 4.78 is 20.4. The molecule has 5 rings (SSSR count). The smallest absolute Gasteiger partial charge is 0.263 e. The first-order chi connectivity index (χ1) is 16.5. The minimum Gasteiger partial charge on any atom is -0.481 e. The molecule has 1 aliphatic carbocycles. The van der Waals surface area contributed by atoms with Gasteiger partial charge in [-0.15, -0.1) is 0 Å². The highest BCUT2D eigenvalue weighted by Crippen LogP contribution is 2.41. The van der Waals surface area contributed by atoms with E-state index in [1.165, 1.54) is 12.1 Å². The van der Waals surface area contributed by atoms with Gasteiger partial charge in [0.2, 0.25) is 5.91 Å². The fraction of sp³-hybridized carbons (Fsp3) is 0.481. The van der Waals surface area contributed by atoms with Crippen molar-refractivity contribution in [3.05, 3.63) is 65.0 Å². The van der Waals surface area contributed by atoms with Crippen LogP contribution >= 0.6 is 11.8 Å². The Morgan fingerprint density at radius 2 is 1.91 bits per heavy atom. The number of halogens is 1. The van der Waals surface area contributed by atoms with Crippen LogP contribution in [0.1, 0.15) is 48.9 Å². The summed E-state index contributed by atoms with van der Waals surface area (Å²) in [7, 11) is 0. The Morgan fingerprint density at radius 3 is 2.62 bits per heavy atom. The van der Waals surface area contributed by atoms with Crippen LogP contribution in [-0.2, 0) is 16.0 Å². The summed E-state index contributed by atoms with van der Waals surface area (Å²) >= 11 is 1.87. The third-order valence-corrected chi connectivity index (χ3v) is 7.91. The van der Waals surface area contributed by atoms with Gasteiger partial charge in [-0.1, -0.05) is 25.1 Å². The molecule has 2 amide bonds. The van der Waals surface area contributed by atoms with E-state index in [0.717, 1.165) is 60.5 Å². The average molecular weight is 483 g/mol. The number of ether oxygens (including phenoxy) is 1. The summed E-state index contributed by atoms with van der Waals surface area (Å²) in [4.78, 5) is 30.0. The van der Waals surface area contributed by atoms with Gasteiger partial charge in [-0.05, 0) is 66.6 Å². The van der Waals surface area contributed by atoms with Crippen molar-refractivity contribution < 1.29 is 18.7 Å². The molecular formula is C27H31FN2O3S. The maximum absolute atomic E-state index is 14.2. The predicted octanol–water partition coefficient (Wildman–Crippen LogP) is 4.44. The van der Waals surface area contributed by atoms with Crippen molar-refractivity contribution in [1.82, 2.24) is 9.80 Å². The van der Waals surface area contributed by atoms with Crippen LogP contribution in [0.3, 0.4) is 0 Å². The number of carbonyl (C=O) groups excluding carboxylic acids is 2. The summed E-state index contributed by atoms with van der Waals surface area (Å²) in [5, 5.41) is 0. The molecule has 1 saturated carbocycles. The van der Waals surface area contributed by atoms with Crippen molar-refractivity contribution in [3.8, 4) is 5.75 Å². The first kappa shape index (κ1) is 23.2. The molecule has 0 N–H and O–H groups in total. The lowest BCUT2D eigenvalue weighted by Crippen LogP contribution is -2.45. The molecule has 0 aromatic heterocycles. The lowest BCUT2D eigenvalue weighted by Gasteiger charge is -2.38. The molecule has 2 heterocycles. The van der Waals surface area contributed by atoms with E-state index in [2.05, 4.69) is 0 Å². The van der Waals surface area contributed by atoms with Gasteiger partial charge in [0.15, 0.2) is 6.10 Å². The van der Waals surface area contributed by atoms with Crippen molar-refractivity contribution in [1.29, 1.82) is 0 Å². The number of benzene rings is 2. The Hall–Kier alpha value is -2.54. The molecule has 2 fully saturated rings. The molecular weight excluding hydrogens is 451 g/mol. The maximum Gasteiger partial charge on any atom is 0.263 e. The van der Waals surface area contributed by atoms with Crippen molar-refractivity contribution >= 4 is 23.6 Å². The van der Waals surface area contributed by atoms with Gasteiger partial charge in [-0.25, -0.2) is 4.39 Å². The van der Waals surface area contributed by atoms with E-state index in [-0.39, 0.29) is 29.6 Å². The standard InChI is InChI=1S/C27H31FN2O3S/c1-2-24(27(32)29-12-14-34-15-13-29)33-22-9-8-18-10-11-30(26(31)19-6-7-19)25(23(18)17-22)20-4-3-5-21(28)16-20/h3-5,8-9,16-17,19,24-25H,2,6-7,10-15H2,1H3. The number of hydrogen-bond acceptors (Lipinski definition) is 4. The molecule has 2 aliphatic heterocycles. The highest BCUT2D eigenvalue weighted by molar-refractivity contribution is 7.99. The van der Waals surface area contributed by atoms with Crippen molar-refractivity contribution in [3.63, 3.8) is 0 Å². The molecule has 5 nitrogen and oxygen atoms in total. The molecule has 2 aromatic rings. The molecule has 0 bridgehead atoms. The Labute approximate surface area is 204 Å². The monoisotopic (exact) mass is 482 g/mol. The molecule has 2 atom stereocenters. The molecule has 180 valence electrons. The van der Waals surface area contributed by atoms with Crippen LogP contribution in [0.15, 0.2) is 42.5 Å². The van der Waals surface area contributed by atoms with Crippen LogP contribution in [0.4, 0.5) is 4.39 Å². The van der Waals surface area contributed by atoms with Crippen molar-refractivity contribution in [2.24, 2.45) is 5.92 Å². The number of fused-ring (bicyclic) bond motifs is 1. The SMILES string of the molecule is CCC(Oc1ccc2c(c1)C(c1cccc(F)c1)N(C(=O)C1CC1)CC2)C(=O)N1CCSCC1. The van der Waals surface area contributed by atoms with E-state index >= 15 is 0 Å². The van der Waals surface area contributed by atoms with Crippen LogP contribution in [-0.4, -0.2) is 58.9 Å². The highest BCUT2D eigenvalue weighted by atomic mass is 32.2. The van der Waals surface area contributed by atoms with E-state index in [1.807, 2.05) is 52.8 Å². The van der Waals surface area contributed by atoms with Crippen molar-refractivity contribution in [2.45, 2.75) is 44.8 Å². The van der Waals surface area contributed by atoms with Crippen LogP contribution in [0.5, 0.6) is 5.75 Å². The van der Waals surface area contributed by atoms with Gasteiger partial charge in [0.1, 0.15) is 11.6 Å². The normalized spacial score (nSPS) is 21.1. The third kappa shape index (κ3) is 4.81. The minimum absolute atomic E-state index is 0.0349. The van der Waals surface area contributed by atoms with E-state index in [0.29, 0.717) is 18.7 Å². The van der Waals surface area contributed by atoms with Gasteiger partial charge in [-0.2, -0.15) is 11.8 Å². The third-order valence-electron chi connectivity index (χ3n) is 6.97. The predicted molar refractivity (Wildman–Crippen MR) is 131 cm³/mol. The zero-order valence-corrected chi connectivity index (χ0v) is 20.4. The van der Waals surface area contributed by atoms with Crippen LogP contribution in [0.25, 0.3) is 0 Å². The number of carbonyl (C=O) groups is 2. The zero-order valence-electron chi connectivity index (χ0n) is 19.5. The summed E-state index contributed by atoms with van der Waals surface area (Å²) in [6.07, 6.45) is 2.65. The van der Waals surface area contributed by atoms with E-state index in [4.69, 9.17) is 4.74 Å². The van der Waals surface area contributed by atoms with Gasteiger partial charge >= 0.3 is 0 Å². The Balaban J connectivity index is 1.45. The van der Waals surface area contributed by atoms with Gasteiger partial charge in [0.05, 0.1) is 6.04 Å². The zero-order chi connectivity index (χ0) is 23.7. The Kier molecular flexibility index (Phi) is 6.82. The lowest BCUT2D eigenvalue weighted by atomic mass is 9.87. The second-order valence-corrected chi connectivity index (χ2v) is 10.6. The van der Waals surface area contributed by atoms with Crippen LogP contribution < -0.4 is 4.74 Å². The molecule has 34 heavy (non-hydrogen) atoms. The number of nitrogens with zero attached hydrogens (tertiary/aromatic N) is 2. The maximum atomic E-state index is 14.2. The van der Waals surface area contributed by atoms with Crippen LogP contribution in [0.2, 0.25) is 0 Å². The van der Waals surface area contributed by atoms with E-state index in [9.17, 15) is 14.0 Å². The second kappa shape index (κ2) is 9.98. The second-order valence-electron chi connectivity index (χ2n) is 9.33. The molecule has 2 unspecified atom stereocenters. The number of hydrogen-bond donors (Lipinski definition) is 0. The van der Waals surface area contributed by atoms with Gasteiger partial charge in [0, 0.05) is 37.1 Å². The summed E-state index contributed by atoms with van der Waals surface area (Å²) in [5.74, 6) is 2.49. The van der Waals surface area contributed by atoms with E-state index < -0.39 is 6.10 Å². The molecule has 2 aromatic carbocycles. The van der Waals surface area contributed by atoms with Gasteiger partial charge in [-0.3, -0.25) is 9.59 Å². The van der Waals surface area contributed by atoms with Crippen LogP contribution in [0, 0.1) is 11.7 Å². The van der Waals surface area contributed by atoms with E-state index in [1.54, 1.807) is 6.07 Å². The summed E-state index contributed by atoms with van der Waals surface area (Å²) in [5.41, 5.74) is 2.86. The Morgan fingerprint density at radius 1 is 1.12 bits per heavy atom. The van der Waals surface area contributed by atoms with Crippen molar-refractivity contribution in [2.75, 3.05) is 31.1 Å². The largest absolute Gasteiger partial charge is 0.481 e.